The van der Waals surface area contributed by atoms with Crippen LogP contribution >= 0.6 is 48.0 Å². The number of thiocarbonyl (C=S) groups is 2. The van der Waals surface area contributed by atoms with Gasteiger partial charge in [-0.15, -0.1) is 0 Å². The Labute approximate surface area is 268 Å². The molecule has 0 bridgehead atoms. The Morgan fingerprint density at radius 3 is 1.41 bits per heavy atom. The van der Waals surface area contributed by atoms with Gasteiger partial charge in [0.05, 0.1) is 9.81 Å². The Hall–Kier alpha value is -4.52. The van der Waals surface area contributed by atoms with Gasteiger partial charge in [0.1, 0.15) is 20.1 Å². The smallest absolute Gasteiger partial charge is 0.269 e. The van der Waals surface area contributed by atoms with Crippen LogP contribution in [0.15, 0.2) is 58.3 Å². The number of amides is 6. The third-order valence-electron chi connectivity index (χ3n) is 5.88. The second-order valence-electron chi connectivity index (χ2n) is 8.91. The number of hydrogen-bond donors (Lipinski definition) is 6. The Bertz CT molecular complexity index is 1510. The number of hydrogen-bond acceptors (Lipinski definition) is 12. The maximum absolute atomic E-state index is 13.1. The van der Waals surface area contributed by atoms with Crippen LogP contribution in [0.5, 0.6) is 11.5 Å². The second-order valence-corrected chi connectivity index (χ2v) is 12.2. The van der Waals surface area contributed by atoms with Gasteiger partial charge in [-0.25, -0.2) is 0 Å². The van der Waals surface area contributed by atoms with Crippen LogP contribution in [0.2, 0.25) is 0 Å². The monoisotopic (exact) mass is 674 g/mol. The molecule has 0 unspecified atom stereocenters. The van der Waals surface area contributed by atoms with Gasteiger partial charge in [0, 0.05) is 37.1 Å². The highest BCUT2D eigenvalue weighted by Gasteiger charge is 2.42. The quantitative estimate of drug-likeness (QED) is 0.132. The molecule has 2 saturated heterocycles. The van der Waals surface area contributed by atoms with E-state index in [1.54, 1.807) is 0 Å². The number of carbonyl (C=O) groups excluding carboxylic acids is 6. The van der Waals surface area contributed by atoms with E-state index < -0.39 is 35.4 Å². The van der Waals surface area contributed by atoms with E-state index >= 15 is 0 Å². The Balaban J connectivity index is 1.27. The molecule has 0 atom stereocenters. The molecule has 2 aromatic rings. The maximum Gasteiger partial charge on any atom is 0.269 e. The van der Waals surface area contributed by atoms with Gasteiger partial charge < -0.3 is 10.2 Å². The minimum atomic E-state index is -0.655. The molecule has 2 heterocycles. The third kappa shape index (κ3) is 7.90. The van der Waals surface area contributed by atoms with Gasteiger partial charge in [-0.1, -0.05) is 60.1 Å². The topological polar surface area (TPSA) is 197 Å². The summed E-state index contributed by atoms with van der Waals surface area (Å²) in [6.45, 7) is -0.256. The number of phenolic OH excluding ortho intramolecular Hbond substituents is 2. The lowest BCUT2D eigenvalue weighted by atomic mass is 10.2. The summed E-state index contributed by atoms with van der Waals surface area (Å²) < 4.78 is 0.238. The van der Waals surface area contributed by atoms with Crippen LogP contribution in [-0.4, -0.2) is 77.2 Å². The van der Waals surface area contributed by atoms with Crippen molar-refractivity contribution in [3.8, 4) is 11.5 Å². The average Bonchev–Trinajstić information content (AvgIpc) is 3.44. The molecule has 0 radical (unpaired) electrons. The molecule has 0 spiro atoms. The number of rotatable bonds is 8. The van der Waals surface area contributed by atoms with Crippen molar-refractivity contribution in [1.82, 2.24) is 31.5 Å². The van der Waals surface area contributed by atoms with Gasteiger partial charge in [0.15, 0.2) is 0 Å². The molecule has 0 aliphatic carbocycles. The summed E-state index contributed by atoms with van der Waals surface area (Å²) in [5.74, 6) is -3.96. The highest BCUT2D eigenvalue weighted by Crippen LogP contribution is 2.42. The van der Waals surface area contributed by atoms with Crippen molar-refractivity contribution in [3.05, 3.63) is 69.5 Å². The number of thioether (sulfide) groups is 2. The van der Waals surface area contributed by atoms with E-state index in [9.17, 15) is 39.0 Å². The largest absolute Gasteiger partial charge is 0.508 e. The van der Waals surface area contributed by atoms with Gasteiger partial charge in [-0.2, -0.15) is 0 Å². The fraction of sp³-hybridized carbons (Fsp3) is 0.154. The number of nitrogens with zero attached hydrogens (tertiary/aromatic N) is 2. The lowest BCUT2D eigenvalue weighted by Gasteiger charge is -2.15. The minimum Gasteiger partial charge on any atom is -0.508 e. The molecule has 2 aromatic carbocycles. The predicted molar refractivity (Wildman–Crippen MR) is 167 cm³/mol. The van der Waals surface area contributed by atoms with E-state index in [1.807, 2.05) is 0 Å². The zero-order chi connectivity index (χ0) is 32.0. The summed E-state index contributed by atoms with van der Waals surface area (Å²) in [5, 5.41) is 19.0. The van der Waals surface area contributed by atoms with Crippen LogP contribution in [0.25, 0.3) is 0 Å². The number of nitrogens with one attached hydrogen (secondary N) is 4. The van der Waals surface area contributed by atoms with Gasteiger partial charge in [-0.3, -0.25) is 60.3 Å². The summed E-state index contributed by atoms with van der Waals surface area (Å²) >= 11 is 12.3. The van der Waals surface area contributed by atoms with Crippen molar-refractivity contribution < 1.29 is 39.0 Å². The van der Waals surface area contributed by atoms with Gasteiger partial charge >= 0.3 is 0 Å². The summed E-state index contributed by atoms with van der Waals surface area (Å²) in [5.41, 5.74) is 9.10. The van der Waals surface area contributed by atoms with Crippen molar-refractivity contribution >= 4 is 92.0 Å². The third-order valence-corrected chi connectivity index (χ3v) is 8.90. The van der Waals surface area contributed by atoms with Crippen LogP contribution in [0, 0.1) is 0 Å². The molecule has 18 heteroatoms. The van der Waals surface area contributed by atoms with E-state index in [1.165, 1.54) is 48.5 Å². The number of benzene rings is 2. The van der Waals surface area contributed by atoms with Gasteiger partial charge in [-0.05, 0) is 36.4 Å². The summed E-state index contributed by atoms with van der Waals surface area (Å²) in [6.07, 6.45) is -0.448. The molecule has 0 saturated carbocycles. The van der Waals surface area contributed by atoms with Gasteiger partial charge in [0.25, 0.3) is 23.6 Å². The first-order valence-corrected chi connectivity index (χ1v) is 15.0. The van der Waals surface area contributed by atoms with Crippen molar-refractivity contribution in [3.63, 3.8) is 0 Å². The SMILES string of the molecule is O=C(CCN1C(=O)C(=C2SC(=S)N(CCC(=O)NNC(=O)c3cccc(O)c3)C2=O)SC1=S)NNC(=O)c1cccc(O)c1. The second kappa shape index (κ2) is 14.3. The summed E-state index contributed by atoms with van der Waals surface area (Å²) in [6, 6.07) is 11.0. The molecular formula is C26H22N6O8S4. The Morgan fingerprint density at radius 1 is 0.659 bits per heavy atom. The molecule has 2 aliphatic rings. The number of carbonyl (C=O) groups is 6. The molecule has 14 nitrogen and oxygen atoms in total. The van der Waals surface area contributed by atoms with Crippen molar-refractivity contribution in [1.29, 1.82) is 0 Å². The minimum absolute atomic E-state index is 0.0373. The summed E-state index contributed by atoms with van der Waals surface area (Å²) in [7, 11) is 0. The summed E-state index contributed by atoms with van der Waals surface area (Å²) in [4.78, 5) is 77.3. The molecule has 44 heavy (non-hydrogen) atoms. The molecule has 228 valence electrons. The van der Waals surface area contributed by atoms with E-state index in [2.05, 4.69) is 21.7 Å². The van der Waals surface area contributed by atoms with Crippen LogP contribution in [0.4, 0.5) is 0 Å². The molecule has 4 rings (SSSR count). The number of aromatic hydroxyl groups is 2. The zero-order valence-corrected chi connectivity index (χ0v) is 25.6. The maximum atomic E-state index is 13.1. The predicted octanol–water partition coefficient (Wildman–Crippen LogP) is 1.03. The average molecular weight is 675 g/mol. The standard InChI is InChI=1S/C26H22N6O8S4/c33-15-5-1-3-13(11-15)21(37)29-27-17(35)7-9-31-23(39)19(43-25(31)41)20-24(40)32(26(42)44-20)10-8-18(36)28-30-22(38)14-4-2-6-16(34)12-14/h1-6,11-12,33-34H,7-10H2,(H,27,35)(H,28,36)(H,29,37)(H,30,38). The molecule has 6 N–H and O–H groups in total. The molecule has 6 amide bonds. The first-order valence-electron chi connectivity index (χ1n) is 12.5. The zero-order valence-electron chi connectivity index (χ0n) is 22.3. The molecule has 0 aromatic heterocycles. The van der Waals surface area contributed by atoms with E-state index in [0.29, 0.717) is 0 Å². The molecule has 2 fully saturated rings. The normalized spacial score (nSPS) is 16.3. The highest BCUT2D eigenvalue weighted by molar-refractivity contribution is 8.29. The lowest BCUT2D eigenvalue weighted by Crippen LogP contribution is -2.43. The fourth-order valence-electron chi connectivity index (χ4n) is 3.70. The molecular weight excluding hydrogens is 653 g/mol. The van der Waals surface area contributed by atoms with Crippen molar-refractivity contribution in [2.45, 2.75) is 12.8 Å². The number of hydrazine groups is 2. The van der Waals surface area contributed by atoms with E-state index in [0.717, 1.165) is 33.3 Å². The first-order chi connectivity index (χ1) is 20.9. The first kappa shape index (κ1) is 32.4. The van der Waals surface area contributed by atoms with Crippen LogP contribution in [-0.2, 0) is 19.2 Å². The Kier molecular flexibility index (Phi) is 10.5. The Morgan fingerprint density at radius 2 is 1.05 bits per heavy atom. The van der Waals surface area contributed by atoms with Crippen LogP contribution in [0.1, 0.15) is 33.6 Å². The van der Waals surface area contributed by atoms with E-state index in [-0.39, 0.29) is 67.0 Å². The van der Waals surface area contributed by atoms with Crippen molar-refractivity contribution in [2.75, 3.05) is 13.1 Å². The van der Waals surface area contributed by atoms with E-state index in [4.69, 9.17) is 24.4 Å². The lowest BCUT2D eigenvalue weighted by molar-refractivity contribution is -0.126. The fourth-order valence-corrected chi connectivity index (χ4v) is 6.47. The van der Waals surface area contributed by atoms with Crippen molar-refractivity contribution in [2.24, 2.45) is 0 Å². The number of phenols is 2. The van der Waals surface area contributed by atoms with Crippen LogP contribution in [0.3, 0.4) is 0 Å². The highest BCUT2D eigenvalue weighted by atomic mass is 32.2. The van der Waals surface area contributed by atoms with Crippen LogP contribution < -0.4 is 21.7 Å². The molecule has 2 aliphatic heterocycles. The van der Waals surface area contributed by atoms with Gasteiger partial charge in [0.2, 0.25) is 11.8 Å².